The fraction of sp³-hybridized carbons (Fsp3) is 0.360. The molecule has 1 aliphatic rings. The molecular formula is C25H28N2O2. The number of rotatable bonds is 5. The number of H-pyrrole nitrogens is 1. The third kappa shape index (κ3) is 3.98. The molecule has 0 fully saturated rings. The number of aromatic nitrogens is 2. The lowest BCUT2D eigenvalue weighted by Gasteiger charge is -2.28. The average Bonchev–Trinajstić information content (AvgIpc) is 2.99. The molecule has 2 heterocycles. The summed E-state index contributed by atoms with van der Waals surface area (Å²) in [5.41, 5.74) is 6.06. The maximum Gasteiger partial charge on any atom is 0.165 e. The number of hydrogen-bond donors (Lipinski definition) is 1. The summed E-state index contributed by atoms with van der Waals surface area (Å²) >= 11 is 0. The number of pyridine rings is 1. The van der Waals surface area contributed by atoms with Crippen molar-refractivity contribution in [2.45, 2.75) is 53.1 Å². The Morgan fingerprint density at radius 1 is 1.14 bits per heavy atom. The van der Waals surface area contributed by atoms with Crippen LogP contribution in [0.1, 0.15) is 61.3 Å². The molecule has 0 spiro atoms. The number of benzene rings is 1. The lowest BCUT2D eigenvalue weighted by Crippen LogP contribution is -2.27. The number of nitrogens with one attached hydrogen (secondary N) is 1. The number of carbonyl (C=O) groups is 1. The Labute approximate surface area is 172 Å². The number of aromatic amines is 1. The van der Waals surface area contributed by atoms with Crippen molar-refractivity contribution in [2.24, 2.45) is 5.41 Å². The average molecular weight is 389 g/mol. The lowest BCUT2D eigenvalue weighted by molar-refractivity contribution is 0.0911. The number of ketones is 1. The number of hydrogen-bond acceptors (Lipinski definition) is 3. The zero-order chi connectivity index (χ0) is 20.6. The molecule has 0 unspecified atom stereocenters. The molecule has 0 saturated carbocycles. The first-order valence-corrected chi connectivity index (χ1v) is 10.3. The van der Waals surface area contributed by atoms with Crippen LogP contribution in [-0.4, -0.2) is 21.9 Å². The van der Waals surface area contributed by atoms with E-state index in [1.807, 2.05) is 38.1 Å². The minimum atomic E-state index is -0.0360. The van der Waals surface area contributed by atoms with Crippen molar-refractivity contribution >= 4 is 5.78 Å². The smallest absolute Gasteiger partial charge is 0.165 e. The topological polar surface area (TPSA) is 55.0 Å². The predicted octanol–water partition coefficient (Wildman–Crippen LogP) is 5.61. The highest BCUT2D eigenvalue weighted by Gasteiger charge is 2.35. The van der Waals surface area contributed by atoms with Crippen LogP contribution in [0.3, 0.4) is 0 Å². The largest absolute Gasteiger partial charge is 0.489 e. The van der Waals surface area contributed by atoms with E-state index in [0.717, 1.165) is 40.2 Å². The van der Waals surface area contributed by atoms with Crippen molar-refractivity contribution in [3.8, 4) is 17.0 Å². The molecule has 4 heteroatoms. The van der Waals surface area contributed by atoms with Gasteiger partial charge in [-0.2, -0.15) is 0 Å². The number of carbonyl (C=O) groups excluding carboxylic acids is 1. The number of fused-ring (bicyclic) bond motifs is 1. The second-order valence-corrected chi connectivity index (χ2v) is 8.97. The predicted molar refractivity (Wildman–Crippen MR) is 115 cm³/mol. The Morgan fingerprint density at radius 3 is 2.62 bits per heavy atom. The Kier molecular flexibility index (Phi) is 5.03. The molecule has 4 nitrogen and oxygen atoms in total. The van der Waals surface area contributed by atoms with E-state index in [-0.39, 0.29) is 17.3 Å². The van der Waals surface area contributed by atoms with E-state index < -0.39 is 0 Å². The first kappa shape index (κ1) is 19.4. The van der Waals surface area contributed by atoms with E-state index in [2.05, 4.69) is 35.9 Å². The van der Waals surface area contributed by atoms with E-state index in [9.17, 15) is 4.79 Å². The summed E-state index contributed by atoms with van der Waals surface area (Å²) in [6.45, 7) is 8.33. The highest BCUT2D eigenvalue weighted by atomic mass is 16.5. The van der Waals surface area contributed by atoms with Gasteiger partial charge in [-0.15, -0.1) is 0 Å². The highest BCUT2D eigenvalue weighted by molar-refractivity contribution is 6.02. The Morgan fingerprint density at radius 2 is 1.90 bits per heavy atom. The second kappa shape index (κ2) is 7.51. The summed E-state index contributed by atoms with van der Waals surface area (Å²) in [7, 11) is 0. The molecule has 1 aromatic carbocycles. The van der Waals surface area contributed by atoms with Crippen molar-refractivity contribution in [1.82, 2.24) is 9.97 Å². The first-order chi connectivity index (χ1) is 13.8. The Hall–Kier alpha value is -2.88. The van der Waals surface area contributed by atoms with Gasteiger partial charge in [-0.3, -0.25) is 9.78 Å². The van der Waals surface area contributed by atoms with Crippen LogP contribution in [0.15, 0.2) is 48.8 Å². The van der Waals surface area contributed by atoms with Gasteiger partial charge in [-0.25, -0.2) is 0 Å². The summed E-state index contributed by atoms with van der Waals surface area (Å²) in [5.74, 6) is 0.965. The van der Waals surface area contributed by atoms with Crippen LogP contribution in [0, 0.1) is 5.41 Å². The van der Waals surface area contributed by atoms with Gasteiger partial charge in [0.25, 0.3) is 0 Å². The van der Waals surface area contributed by atoms with E-state index >= 15 is 0 Å². The third-order valence-electron chi connectivity index (χ3n) is 5.39. The van der Waals surface area contributed by atoms with Gasteiger partial charge >= 0.3 is 0 Å². The maximum absolute atomic E-state index is 13.2. The highest BCUT2D eigenvalue weighted by Crippen LogP contribution is 2.42. The summed E-state index contributed by atoms with van der Waals surface area (Å²) in [4.78, 5) is 21.0. The Balaban J connectivity index is 1.89. The summed E-state index contributed by atoms with van der Waals surface area (Å²) in [5, 5.41) is 0. The SMILES string of the molecule is CC(C)Oc1cnccc1-c1[nH]c2c(c1Cc1ccccc1)C(=O)CC(C)(C)C2. The molecule has 4 rings (SSSR count). The van der Waals surface area contributed by atoms with Gasteiger partial charge < -0.3 is 9.72 Å². The van der Waals surface area contributed by atoms with Crippen molar-refractivity contribution in [1.29, 1.82) is 0 Å². The molecule has 0 amide bonds. The Bertz CT molecular complexity index is 1030. The van der Waals surface area contributed by atoms with Crippen LogP contribution >= 0.6 is 0 Å². The molecule has 0 saturated heterocycles. The normalized spacial score (nSPS) is 15.4. The van der Waals surface area contributed by atoms with Crippen LogP contribution in [-0.2, 0) is 12.8 Å². The molecule has 29 heavy (non-hydrogen) atoms. The standard InChI is InChI=1S/C25H28N2O2/c1-16(2)29-22-15-26-11-10-18(22)24-19(12-17-8-6-5-7-9-17)23-20(27-24)13-25(3,4)14-21(23)28/h5-11,15-16,27H,12-14H2,1-4H3. The fourth-order valence-electron chi connectivity index (χ4n) is 4.27. The molecule has 150 valence electrons. The fourth-order valence-corrected chi connectivity index (χ4v) is 4.27. The lowest BCUT2D eigenvalue weighted by atomic mass is 9.75. The zero-order valence-corrected chi connectivity index (χ0v) is 17.6. The molecular weight excluding hydrogens is 360 g/mol. The van der Waals surface area contributed by atoms with Crippen molar-refractivity contribution in [3.63, 3.8) is 0 Å². The summed E-state index contributed by atoms with van der Waals surface area (Å²) in [6, 6.07) is 12.3. The van der Waals surface area contributed by atoms with E-state index in [1.54, 1.807) is 12.4 Å². The van der Waals surface area contributed by atoms with Crippen LogP contribution in [0.2, 0.25) is 0 Å². The van der Waals surface area contributed by atoms with E-state index in [1.165, 1.54) is 5.56 Å². The van der Waals surface area contributed by atoms with Gasteiger partial charge in [0.05, 0.1) is 18.0 Å². The summed E-state index contributed by atoms with van der Waals surface area (Å²) < 4.78 is 6.04. The zero-order valence-electron chi connectivity index (χ0n) is 17.6. The van der Waals surface area contributed by atoms with E-state index in [0.29, 0.717) is 12.8 Å². The van der Waals surface area contributed by atoms with Gasteiger partial charge in [-0.05, 0) is 42.9 Å². The molecule has 0 radical (unpaired) electrons. The maximum atomic E-state index is 13.2. The minimum Gasteiger partial charge on any atom is -0.489 e. The third-order valence-corrected chi connectivity index (χ3v) is 5.39. The minimum absolute atomic E-state index is 0.0360. The van der Waals surface area contributed by atoms with Crippen molar-refractivity contribution in [2.75, 3.05) is 0 Å². The molecule has 1 N–H and O–H groups in total. The van der Waals surface area contributed by atoms with Crippen LogP contribution < -0.4 is 4.74 Å². The van der Waals surface area contributed by atoms with Gasteiger partial charge in [-0.1, -0.05) is 44.2 Å². The van der Waals surface area contributed by atoms with Crippen LogP contribution in [0.5, 0.6) is 5.75 Å². The first-order valence-electron chi connectivity index (χ1n) is 10.3. The quantitative estimate of drug-likeness (QED) is 0.618. The van der Waals surface area contributed by atoms with Gasteiger partial charge in [0.1, 0.15) is 5.75 Å². The van der Waals surface area contributed by atoms with Gasteiger partial charge in [0.2, 0.25) is 0 Å². The van der Waals surface area contributed by atoms with Crippen LogP contribution in [0.25, 0.3) is 11.3 Å². The van der Waals surface area contributed by atoms with Crippen LogP contribution in [0.4, 0.5) is 0 Å². The van der Waals surface area contributed by atoms with Crippen molar-refractivity contribution in [3.05, 3.63) is 71.2 Å². The summed E-state index contributed by atoms with van der Waals surface area (Å²) in [6.07, 6.45) is 5.72. The molecule has 0 atom stereocenters. The second-order valence-electron chi connectivity index (χ2n) is 8.97. The number of Topliss-reactive ketones (excluding diaryl/α,β-unsaturated/α-hetero) is 1. The molecule has 1 aliphatic carbocycles. The molecule has 3 aromatic rings. The van der Waals surface area contributed by atoms with E-state index in [4.69, 9.17) is 4.74 Å². The van der Waals surface area contributed by atoms with Gasteiger partial charge in [0, 0.05) is 35.9 Å². The molecule has 0 bridgehead atoms. The van der Waals surface area contributed by atoms with Gasteiger partial charge in [0.15, 0.2) is 5.78 Å². The number of nitrogens with zero attached hydrogens (tertiary/aromatic N) is 1. The monoisotopic (exact) mass is 388 g/mol. The number of ether oxygens (including phenoxy) is 1. The molecule has 2 aromatic heterocycles. The van der Waals surface area contributed by atoms with Crippen molar-refractivity contribution < 1.29 is 9.53 Å². The molecule has 0 aliphatic heterocycles.